The fraction of sp³-hybridized carbons (Fsp3) is 0.917. The van der Waals surface area contributed by atoms with Gasteiger partial charge in [-0.05, 0) is 45.4 Å². The Kier molecular flexibility index (Phi) is 2.86. The first-order valence-corrected chi connectivity index (χ1v) is 6.09. The first kappa shape index (κ1) is 11.7. The van der Waals surface area contributed by atoms with Crippen molar-refractivity contribution in [3.63, 3.8) is 0 Å². The van der Waals surface area contributed by atoms with E-state index in [-0.39, 0.29) is 12.1 Å². The van der Waals surface area contributed by atoms with E-state index in [0.29, 0.717) is 5.41 Å². The third-order valence-corrected chi connectivity index (χ3v) is 3.25. The van der Waals surface area contributed by atoms with Crippen LogP contribution in [-0.4, -0.2) is 30.8 Å². The number of piperidine rings is 1. The van der Waals surface area contributed by atoms with Gasteiger partial charge in [-0.2, -0.15) is 0 Å². The molecule has 1 heterocycles. The molecule has 92 valence electrons. The van der Waals surface area contributed by atoms with E-state index in [9.17, 15) is 4.79 Å². The summed E-state index contributed by atoms with van der Waals surface area (Å²) >= 11 is 0. The SMILES string of the molecule is CC(C)(C)OC(=O)N[C@@H]1CNCC2(CC2)C1. The number of hydrogen-bond acceptors (Lipinski definition) is 3. The highest BCUT2D eigenvalue weighted by Crippen LogP contribution is 2.50. The number of nitrogens with one attached hydrogen (secondary N) is 2. The Morgan fingerprint density at radius 3 is 2.69 bits per heavy atom. The summed E-state index contributed by atoms with van der Waals surface area (Å²) in [5.74, 6) is 0. The quantitative estimate of drug-likeness (QED) is 0.715. The lowest BCUT2D eigenvalue weighted by Crippen LogP contribution is -2.50. The van der Waals surface area contributed by atoms with Gasteiger partial charge in [-0.15, -0.1) is 0 Å². The third-order valence-electron chi connectivity index (χ3n) is 3.25. The van der Waals surface area contributed by atoms with E-state index in [2.05, 4.69) is 10.6 Å². The molecule has 0 aromatic rings. The Morgan fingerprint density at radius 2 is 2.12 bits per heavy atom. The standard InChI is InChI=1S/C12H22N2O2/c1-11(2,3)16-10(15)14-9-6-12(4-5-12)8-13-7-9/h9,13H,4-8H2,1-3H3,(H,14,15)/t9-/m0/s1. The number of alkyl carbamates (subject to hydrolysis) is 1. The molecule has 2 N–H and O–H groups in total. The molecule has 0 aromatic heterocycles. The monoisotopic (exact) mass is 226 g/mol. The molecule has 1 aliphatic carbocycles. The van der Waals surface area contributed by atoms with Gasteiger partial charge in [-0.25, -0.2) is 4.79 Å². The lowest BCUT2D eigenvalue weighted by atomic mass is 9.93. The Bertz CT molecular complexity index is 279. The lowest BCUT2D eigenvalue weighted by molar-refractivity contribution is 0.0487. The zero-order valence-corrected chi connectivity index (χ0v) is 10.4. The van der Waals surface area contributed by atoms with E-state index in [1.807, 2.05) is 20.8 Å². The maximum atomic E-state index is 11.6. The molecule has 2 fully saturated rings. The molecule has 4 heteroatoms. The van der Waals surface area contributed by atoms with Crippen LogP contribution in [0.1, 0.15) is 40.0 Å². The van der Waals surface area contributed by atoms with Crippen molar-refractivity contribution in [2.75, 3.05) is 13.1 Å². The fourth-order valence-electron chi connectivity index (χ4n) is 2.31. The maximum Gasteiger partial charge on any atom is 0.407 e. The number of carbonyl (C=O) groups is 1. The fourth-order valence-corrected chi connectivity index (χ4v) is 2.31. The third kappa shape index (κ3) is 3.11. The van der Waals surface area contributed by atoms with Crippen LogP contribution in [0, 0.1) is 5.41 Å². The minimum atomic E-state index is -0.413. The summed E-state index contributed by atoms with van der Waals surface area (Å²) in [6, 6.07) is 0.228. The van der Waals surface area contributed by atoms with Gasteiger partial charge in [0.25, 0.3) is 0 Å². The van der Waals surface area contributed by atoms with E-state index in [1.165, 1.54) is 12.8 Å². The van der Waals surface area contributed by atoms with Crippen LogP contribution in [0.25, 0.3) is 0 Å². The van der Waals surface area contributed by atoms with Crippen molar-refractivity contribution in [1.82, 2.24) is 10.6 Å². The predicted octanol–water partition coefficient (Wildman–Crippen LogP) is 1.65. The van der Waals surface area contributed by atoms with Crippen LogP contribution < -0.4 is 10.6 Å². The Labute approximate surface area is 97.1 Å². The average molecular weight is 226 g/mol. The number of ether oxygens (including phenoxy) is 1. The molecule has 2 aliphatic rings. The van der Waals surface area contributed by atoms with Crippen molar-refractivity contribution >= 4 is 6.09 Å². The molecule has 0 aromatic carbocycles. The van der Waals surface area contributed by atoms with Crippen molar-refractivity contribution in [3.8, 4) is 0 Å². The van der Waals surface area contributed by atoms with E-state index < -0.39 is 5.60 Å². The maximum absolute atomic E-state index is 11.6. The van der Waals surface area contributed by atoms with Crippen molar-refractivity contribution in [1.29, 1.82) is 0 Å². The minimum absolute atomic E-state index is 0.228. The molecule has 1 aliphatic heterocycles. The van der Waals surface area contributed by atoms with E-state index in [1.54, 1.807) is 0 Å². The molecule has 1 spiro atoms. The summed E-state index contributed by atoms with van der Waals surface area (Å²) in [4.78, 5) is 11.6. The molecular weight excluding hydrogens is 204 g/mol. The van der Waals surface area contributed by atoms with E-state index in [0.717, 1.165) is 19.5 Å². The molecule has 2 rings (SSSR count). The highest BCUT2D eigenvalue weighted by molar-refractivity contribution is 5.68. The van der Waals surface area contributed by atoms with Crippen molar-refractivity contribution in [2.24, 2.45) is 5.41 Å². The summed E-state index contributed by atoms with van der Waals surface area (Å²) in [6.45, 7) is 7.62. The summed E-state index contributed by atoms with van der Waals surface area (Å²) in [5, 5.41) is 6.33. The second-order valence-corrected chi connectivity index (χ2v) is 6.18. The Balaban J connectivity index is 1.78. The second-order valence-electron chi connectivity index (χ2n) is 6.18. The van der Waals surface area contributed by atoms with Gasteiger partial charge in [0.2, 0.25) is 0 Å². The molecule has 1 atom stereocenters. The van der Waals surface area contributed by atoms with Crippen LogP contribution in [0.4, 0.5) is 4.79 Å². The molecule has 1 saturated heterocycles. The van der Waals surface area contributed by atoms with Gasteiger partial charge in [0, 0.05) is 19.1 Å². The summed E-state index contributed by atoms with van der Waals surface area (Å²) in [5.41, 5.74) is 0.0708. The van der Waals surface area contributed by atoms with Crippen LogP contribution in [0.5, 0.6) is 0 Å². The van der Waals surface area contributed by atoms with Gasteiger partial charge in [0.15, 0.2) is 0 Å². The zero-order chi connectivity index (χ0) is 11.8. The number of carbonyl (C=O) groups excluding carboxylic acids is 1. The largest absolute Gasteiger partial charge is 0.444 e. The summed E-state index contributed by atoms with van der Waals surface area (Å²) in [6.07, 6.45) is 3.40. The molecule has 0 bridgehead atoms. The van der Waals surface area contributed by atoms with Crippen molar-refractivity contribution in [2.45, 2.75) is 51.7 Å². The molecule has 1 amide bonds. The predicted molar refractivity (Wildman–Crippen MR) is 62.3 cm³/mol. The number of rotatable bonds is 1. The normalized spacial score (nSPS) is 27.6. The van der Waals surface area contributed by atoms with Crippen molar-refractivity contribution < 1.29 is 9.53 Å². The molecule has 1 saturated carbocycles. The zero-order valence-electron chi connectivity index (χ0n) is 10.4. The van der Waals surface area contributed by atoms with Crippen LogP contribution in [-0.2, 0) is 4.74 Å². The second kappa shape index (κ2) is 3.91. The van der Waals surface area contributed by atoms with Gasteiger partial charge < -0.3 is 15.4 Å². The summed E-state index contributed by atoms with van der Waals surface area (Å²) < 4.78 is 5.25. The molecule has 4 nitrogen and oxygen atoms in total. The van der Waals surface area contributed by atoms with E-state index in [4.69, 9.17) is 4.74 Å². The minimum Gasteiger partial charge on any atom is -0.444 e. The highest BCUT2D eigenvalue weighted by Gasteiger charge is 2.46. The topological polar surface area (TPSA) is 50.4 Å². The van der Waals surface area contributed by atoms with Gasteiger partial charge in [0.1, 0.15) is 5.60 Å². The van der Waals surface area contributed by atoms with Crippen LogP contribution in [0.2, 0.25) is 0 Å². The lowest BCUT2D eigenvalue weighted by Gasteiger charge is -2.31. The highest BCUT2D eigenvalue weighted by atomic mass is 16.6. The average Bonchev–Trinajstić information content (AvgIpc) is 2.81. The molecule has 0 radical (unpaired) electrons. The van der Waals surface area contributed by atoms with Gasteiger partial charge in [-0.1, -0.05) is 0 Å². The number of amides is 1. The van der Waals surface area contributed by atoms with Crippen LogP contribution in [0.15, 0.2) is 0 Å². The summed E-state index contributed by atoms with van der Waals surface area (Å²) in [7, 11) is 0. The van der Waals surface area contributed by atoms with Crippen molar-refractivity contribution in [3.05, 3.63) is 0 Å². The smallest absolute Gasteiger partial charge is 0.407 e. The first-order valence-electron chi connectivity index (χ1n) is 6.09. The molecule has 16 heavy (non-hydrogen) atoms. The first-order chi connectivity index (χ1) is 7.39. The van der Waals surface area contributed by atoms with Gasteiger partial charge in [0.05, 0.1) is 0 Å². The van der Waals surface area contributed by atoms with Gasteiger partial charge >= 0.3 is 6.09 Å². The molecule has 0 unspecified atom stereocenters. The Morgan fingerprint density at radius 1 is 1.44 bits per heavy atom. The number of hydrogen-bond donors (Lipinski definition) is 2. The van der Waals surface area contributed by atoms with Gasteiger partial charge in [-0.3, -0.25) is 0 Å². The van der Waals surface area contributed by atoms with Crippen LogP contribution >= 0.6 is 0 Å². The molecular formula is C12H22N2O2. The van der Waals surface area contributed by atoms with Crippen LogP contribution in [0.3, 0.4) is 0 Å². The van der Waals surface area contributed by atoms with E-state index >= 15 is 0 Å². The Hall–Kier alpha value is -0.770.